The minimum absolute atomic E-state index is 0.0609. The number of hydrogen-bond acceptors (Lipinski definition) is 4. The number of carbonyl (C=O) groups is 1. The molecular weight excluding hydrogens is 440 g/mol. The predicted octanol–water partition coefficient (Wildman–Crippen LogP) is 5.34. The maximum absolute atomic E-state index is 13.3. The van der Waals surface area contributed by atoms with Gasteiger partial charge in [-0.25, -0.2) is 0 Å². The fourth-order valence-electron chi connectivity index (χ4n) is 9.39. The van der Waals surface area contributed by atoms with Crippen LogP contribution in [0.1, 0.15) is 93.4 Å². The molecule has 0 aliphatic heterocycles. The lowest BCUT2D eigenvalue weighted by Gasteiger charge is -2.65. The van der Waals surface area contributed by atoms with Crippen LogP contribution in [0.2, 0.25) is 0 Å². The Morgan fingerprint density at radius 3 is 2.34 bits per heavy atom. The van der Waals surface area contributed by atoms with Crippen LogP contribution < -0.4 is 0 Å². The molecule has 35 heavy (non-hydrogen) atoms. The quantitative estimate of drug-likeness (QED) is 0.392. The first kappa shape index (κ1) is 26.9. The van der Waals surface area contributed by atoms with E-state index in [1.807, 2.05) is 26.0 Å². The van der Waals surface area contributed by atoms with Crippen LogP contribution in [0.3, 0.4) is 0 Å². The Morgan fingerprint density at radius 1 is 1.09 bits per heavy atom. The summed E-state index contributed by atoms with van der Waals surface area (Å²) >= 11 is 0. The molecule has 4 N–H and O–H groups in total. The van der Waals surface area contributed by atoms with Gasteiger partial charge in [-0.1, -0.05) is 58.4 Å². The lowest BCUT2D eigenvalue weighted by Crippen LogP contribution is -2.66. The Morgan fingerprint density at radius 2 is 1.74 bits per heavy atom. The van der Waals surface area contributed by atoms with Crippen molar-refractivity contribution in [2.75, 3.05) is 0 Å². The van der Waals surface area contributed by atoms with Crippen molar-refractivity contribution in [2.24, 2.45) is 45.3 Å². The molecule has 0 radical (unpaired) electrons. The molecule has 4 rings (SSSR count). The SMILES string of the molecule is C[C@H](C/C=C/C(C)(C)O)[C@H]1CC[C@@]2(C)C3C(O)C=C4C(CC[C@H](O)C4(C)C)[C@]3(C(=O)O)CC[C@]12C. The van der Waals surface area contributed by atoms with Crippen LogP contribution in [-0.4, -0.2) is 44.2 Å². The fourth-order valence-corrected chi connectivity index (χ4v) is 9.39. The number of fused-ring (bicyclic) bond motifs is 5. The van der Waals surface area contributed by atoms with Gasteiger partial charge in [-0.15, -0.1) is 0 Å². The molecule has 3 unspecified atom stereocenters. The van der Waals surface area contributed by atoms with E-state index in [9.17, 15) is 25.2 Å². The first-order valence-electron chi connectivity index (χ1n) is 13.7. The molecule has 0 aromatic carbocycles. The van der Waals surface area contributed by atoms with Gasteiger partial charge in [0.05, 0.1) is 23.2 Å². The summed E-state index contributed by atoms with van der Waals surface area (Å²) in [6.45, 7) is 14.5. The Kier molecular flexibility index (Phi) is 6.47. The molecule has 4 aliphatic rings. The monoisotopic (exact) mass is 488 g/mol. The summed E-state index contributed by atoms with van der Waals surface area (Å²) in [5.41, 5.74) is -1.74. The average molecular weight is 489 g/mol. The second-order valence-electron chi connectivity index (χ2n) is 14.1. The lowest BCUT2D eigenvalue weighted by atomic mass is 9.38. The van der Waals surface area contributed by atoms with E-state index in [1.165, 1.54) is 0 Å². The number of carboxylic acids is 1. The number of rotatable bonds is 5. The van der Waals surface area contributed by atoms with Gasteiger partial charge in [-0.2, -0.15) is 0 Å². The van der Waals surface area contributed by atoms with E-state index in [4.69, 9.17) is 0 Å². The molecule has 5 heteroatoms. The van der Waals surface area contributed by atoms with Gasteiger partial charge in [-0.3, -0.25) is 4.79 Å². The third kappa shape index (κ3) is 3.78. The van der Waals surface area contributed by atoms with Crippen LogP contribution >= 0.6 is 0 Å². The number of aliphatic hydroxyl groups is 3. The van der Waals surface area contributed by atoms with Gasteiger partial charge in [-0.05, 0) is 87.4 Å². The Labute approximate surface area is 211 Å². The minimum atomic E-state index is -0.992. The van der Waals surface area contributed by atoms with Gasteiger partial charge in [0, 0.05) is 11.3 Å². The minimum Gasteiger partial charge on any atom is -0.481 e. The zero-order chi connectivity index (χ0) is 26.2. The highest BCUT2D eigenvalue weighted by molar-refractivity contribution is 5.78. The highest BCUT2D eigenvalue weighted by Crippen LogP contribution is 2.75. The molecule has 3 fully saturated rings. The highest BCUT2D eigenvalue weighted by atomic mass is 16.4. The van der Waals surface area contributed by atoms with Crippen molar-refractivity contribution >= 4 is 5.97 Å². The average Bonchev–Trinajstić information content (AvgIpc) is 3.01. The summed E-state index contributed by atoms with van der Waals surface area (Å²) in [5, 5.41) is 43.4. The van der Waals surface area contributed by atoms with Crippen molar-refractivity contribution in [1.82, 2.24) is 0 Å². The van der Waals surface area contributed by atoms with E-state index in [-0.39, 0.29) is 22.7 Å². The van der Waals surface area contributed by atoms with Crippen LogP contribution in [0, 0.1) is 45.3 Å². The summed E-state index contributed by atoms with van der Waals surface area (Å²) in [6, 6.07) is 0. The van der Waals surface area contributed by atoms with Gasteiger partial charge in [0.2, 0.25) is 0 Å². The molecule has 9 atom stereocenters. The van der Waals surface area contributed by atoms with Crippen LogP contribution in [0.4, 0.5) is 0 Å². The molecule has 5 nitrogen and oxygen atoms in total. The van der Waals surface area contributed by atoms with Crippen LogP contribution in [-0.2, 0) is 4.79 Å². The third-order valence-corrected chi connectivity index (χ3v) is 11.5. The second-order valence-corrected chi connectivity index (χ2v) is 14.1. The van der Waals surface area contributed by atoms with Crippen molar-refractivity contribution in [2.45, 2.75) is 111 Å². The molecular formula is C30H48O5. The van der Waals surface area contributed by atoms with Gasteiger partial charge < -0.3 is 20.4 Å². The number of aliphatic carboxylic acids is 1. The smallest absolute Gasteiger partial charge is 0.310 e. The maximum atomic E-state index is 13.3. The standard InChI is InChI=1S/C30H48O5/c1-18(9-8-13-26(2,3)35)19-12-14-29(7)24-22(31)17-21-20(10-11-23(32)27(21,4)5)30(24,25(33)34)16-15-28(19,29)6/h8,13,17-20,22-24,31-32,35H,9-12,14-16H2,1-7H3,(H,33,34)/b13-8+/t18-,19-,20?,22?,23+,24?,28-,29+,30-/m1/s1. The zero-order valence-electron chi connectivity index (χ0n) is 22.8. The molecule has 0 aromatic heterocycles. The van der Waals surface area contributed by atoms with Crippen molar-refractivity contribution < 1.29 is 25.2 Å². The first-order chi connectivity index (χ1) is 16.0. The van der Waals surface area contributed by atoms with Crippen molar-refractivity contribution in [3.05, 3.63) is 23.8 Å². The van der Waals surface area contributed by atoms with Crippen molar-refractivity contribution in [1.29, 1.82) is 0 Å². The van der Waals surface area contributed by atoms with E-state index >= 15 is 0 Å². The Bertz CT molecular complexity index is 912. The van der Waals surface area contributed by atoms with Gasteiger partial charge in [0.15, 0.2) is 0 Å². The summed E-state index contributed by atoms with van der Waals surface area (Å²) in [6.07, 6.45) is 10.1. The van der Waals surface area contributed by atoms with E-state index in [0.29, 0.717) is 31.1 Å². The van der Waals surface area contributed by atoms with Gasteiger partial charge >= 0.3 is 5.97 Å². The number of carboxylic acid groups (broad SMARTS) is 1. The van der Waals surface area contributed by atoms with E-state index in [1.54, 1.807) is 13.8 Å². The van der Waals surface area contributed by atoms with Gasteiger partial charge in [0.1, 0.15) is 0 Å². The molecule has 0 heterocycles. The third-order valence-electron chi connectivity index (χ3n) is 11.5. The van der Waals surface area contributed by atoms with Gasteiger partial charge in [0.25, 0.3) is 0 Å². The first-order valence-corrected chi connectivity index (χ1v) is 13.7. The predicted molar refractivity (Wildman–Crippen MR) is 138 cm³/mol. The largest absolute Gasteiger partial charge is 0.481 e. The summed E-state index contributed by atoms with van der Waals surface area (Å²) in [7, 11) is 0. The zero-order valence-corrected chi connectivity index (χ0v) is 22.8. The van der Waals surface area contributed by atoms with E-state index in [2.05, 4.69) is 26.8 Å². The molecule has 198 valence electrons. The van der Waals surface area contributed by atoms with E-state index < -0.39 is 34.6 Å². The lowest BCUT2D eigenvalue weighted by molar-refractivity contribution is -0.205. The van der Waals surface area contributed by atoms with Crippen molar-refractivity contribution in [3.63, 3.8) is 0 Å². The van der Waals surface area contributed by atoms with Crippen LogP contribution in [0.15, 0.2) is 23.8 Å². The fraction of sp³-hybridized carbons (Fsp3) is 0.833. The number of hydrogen-bond donors (Lipinski definition) is 4. The summed E-state index contributed by atoms with van der Waals surface area (Å²) < 4.78 is 0. The number of aliphatic hydroxyl groups excluding tert-OH is 2. The van der Waals surface area contributed by atoms with Crippen LogP contribution in [0.25, 0.3) is 0 Å². The molecule has 0 amide bonds. The Balaban J connectivity index is 1.74. The topological polar surface area (TPSA) is 98.0 Å². The normalized spacial score (nSPS) is 45.9. The molecule has 4 aliphatic carbocycles. The van der Waals surface area contributed by atoms with E-state index in [0.717, 1.165) is 31.3 Å². The second kappa shape index (κ2) is 8.43. The summed E-state index contributed by atoms with van der Waals surface area (Å²) in [4.78, 5) is 13.3. The Hall–Kier alpha value is -1.17. The maximum Gasteiger partial charge on any atom is 0.310 e. The molecule has 0 aromatic rings. The van der Waals surface area contributed by atoms with Crippen molar-refractivity contribution in [3.8, 4) is 0 Å². The molecule has 0 saturated heterocycles. The molecule has 3 saturated carbocycles. The van der Waals surface area contributed by atoms with Crippen LogP contribution in [0.5, 0.6) is 0 Å². The number of allylic oxidation sites excluding steroid dienone is 1. The molecule has 0 spiro atoms. The highest BCUT2D eigenvalue weighted by Gasteiger charge is 2.72. The summed E-state index contributed by atoms with van der Waals surface area (Å²) in [5.74, 6) is -0.395. The molecule has 0 bridgehead atoms.